The van der Waals surface area contributed by atoms with Crippen LogP contribution in [0.1, 0.15) is 6.23 Å². The summed E-state index contributed by atoms with van der Waals surface area (Å²) in [4.78, 5) is 38.0. The minimum atomic E-state index is -4.47. The van der Waals surface area contributed by atoms with Gasteiger partial charge in [-0.1, -0.05) is 0 Å². The predicted molar refractivity (Wildman–Crippen MR) is 94.2 cm³/mol. The van der Waals surface area contributed by atoms with Gasteiger partial charge in [0.25, 0.3) is 5.56 Å². The van der Waals surface area contributed by atoms with Crippen molar-refractivity contribution in [3.8, 4) is 0 Å². The predicted octanol–water partition coefficient (Wildman–Crippen LogP) is -5.20. The number of anilines is 1. The van der Waals surface area contributed by atoms with Crippen LogP contribution in [0.2, 0.25) is 0 Å². The average Bonchev–Trinajstić information content (AvgIpc) is 3.39. The van der Waals surface area contributed by atoms with Gasteiger partial charge in [-0.25, -0.2) is 9.97 Å². The summed E-state index contributed by atoms with van der Waals surface area (Å²) in [5, 5.41) is 20.3. The molecule has 14 nitrogen and oxygen atoms in total. The number of nitrogens with two attached hydrogens (primary N) is 1. The molecule has 5 N–H and O–H groups in total. The monoisotopic (exact) mass is 449 g/mol. The Hall–Kier alpha value is -1.61. The number of aromatic amines is 1. The zero-order chi connectivity index (χ0) is 20.8. The first kappa shape index (κ1) is 23.1. The van der Waals surface area contributed by atoms with Gasteiger partial charge in [-0.05, 0) is 0 Å². The number of aliphatic hydroxyl groups excluding tert-OH is 2. The Kier molecular flexibility index (Phi) is 6.81. The molecular formula is C14H17N7NaO7P. The Morgan fingerprint density at radius 2 is 2.20 bits per heavy atom. The fourth-order valence-electron chi connectivity index (χ4n) is 3.17. The number of rotatable bonds is 6. The summed E-state index contributed by atoms with van der Waals surface area (Å²) in [5.41, 5.74) is 5.06. The van der Waals surface area contributed by atoms with E-state index in [0.717, 1.165) is 10.7 Å². The smallest absolute Gasteiger partial charge is 0.761 e. The van der Waals surface area contributed by atoms with Crippen LogP contribution >= 0.6 is 7.75 Å². The third-order valence-electron chi connectivity index (χ3n) is 4.63. The average molecular weight is 449 g/mol. The van der Waals surface area contributed by atoms with Crippen molar-refractivity contribution in [2.24, 2.45) is 5.92 Å². The van der Waals surface area contributed by atoms with E-state index < -0.39 is 50.9 Å². The molecule has 0 saturated carbocycles. The molecule has 5 atom stereocenters. The molecule has 4 rings (SSSR count). The number of fused-ring (bicyclic) bond motifs is 1. The number of ether oxygens (including phenoxy) is 1. The second kappa shape index (κ2) is 8.86. The van der Waals surface area contributed by atoms with Gasteiger partial charge in [0, 0.05) is 18.3 Å². The number of imidazole rings is 2. The van der Waals surface area contributed by atoms with Gasteiger partial charge < -0.3 is 30.1 Å². The summed E-state index contributed by atoms with van der Waals surface area (Å²) in [5.74, 6) is -1.01. The fourth-order valence-corrected chi connectivity index (χ4v) is 4.05. The van der Waals surface area contributed by atoms with Crippen molar-refractivity contribution in [1.82, 2.24) is 28.8 Å². The number of nitrogens with zero attached hydrogens (tertiary/aromatic N) is 5. The molecule has 0 aromatic carbocycles. The summed E-state index contributed by atoms with van der Waals surface area (Å²) in [6.07, 6.45) is 1.46. The molecule has 1 aliphatic rings. The van der Waals surface area contributed by atoms with Gasteiger partial charge >= 0.3 is 29.6 Å². The molecule has 30 heavy (non-hydrogen) atoms. The van der Waals surface area contributed by atoms with Crippen LogP contribution in [0.4, 0.5) is 5.95 Å². The van der Waals surface area contributed by atoms with Gasteiger partial charge in [0.1, 0.15) is 12.4 Å². The van der Waals surface area contributed by atoms with Gasteiger partial charge in [0.05, 0.1) is 25.6 Å². The number of nitrogens with one attached hydrogen (secondary N) is 1. The SMILES string of the molecule is Nc1nc2c(ncn2[C@@H]2O[C@H](COP(=O)([O-])n3ccnc3)[C@@H](CO)[C@H]2O)c(=O)[nH]1.[Na+]. The van der Waals surface area contributed by atoms with E-state index in [4.69, 9.17) is 15.0 Å². The van der Waals surface area contributed by atoms with Crippen LogP contribution in [0.3, 0.4) is 0 Å². The number of nitrogen functional groups attached to an aromatic ring is 1. The number of aromatic nitrogens is 6. The van der Waals surface area contributed by atoms with Crippen LogP contribution < -0.4 is 45.7 Å². The molecule has 3 aromatic heterocycles. The summed E-state index contributed by atoms with van der Waals surface area (Å²) in [7, 11) is -4.47. The van der Waals surface area contributed by atoms with Gasteiger partial charge in [-0.15, -0.1) is 0 Å². The van der Waals surface area contributed by atoms with E-state index >= 15 is 0 Å². The van der Waals surface area contributed by atoms with E-state index in [1.54, 1.807) is 0 Å². The zero-order valence-electron chi connectivity index (χ0n) is 15.7. The van der Waals surface area contributed by atoms with Crippen LogP contribution in [-0.2, 0) is 13.8 Å². The Balaban J connectivity index is 0.00000256. The maximum Gasteiger partial charge on any atom is 1.00 e. The van der Waals surface area contributed by atoms with E-state index in [1.807, 2.05) is 0 Å². The van der Waals surface area contributed by atoms with E-state index in [9.17, 15) is 24.5 Å². The van der Waals surface area contributed by atoms with Gasteiger partial charge in [0.2, 0.25) is 13.7 Å². The summed E-state index contributed by atoms with van der Waals surface area (Å²) in [6, 6.07) is 0. The van der Waals surface area contributed by atoms with E-state index in [0.29, 0.717) is 0 Å². The summed E-state index contributed by atoms with van der Waals surface area (Å²) in [6.45, 7) is -0.955. The maximum absolute atomic E-state index is 12.2. The molecule has 0 amide bonds. The Bertz CT molecular complexity index is 1120. The molecule has 0 bridgehead atoms. The molecule has 1 fully saturated rings. The number of aliphatic hydroxyl groups is 2. The molecule has 0 radical (unpaired) electrons. The van der Waals surface area contributed by atoms with Crippen molar-refractivity contribution in [3.63, 3.8) is 0 Å². The van der Waals surface area contributed by atoms with E-state index in [1.165, 1.54) is 23.3 Å². The molecule has 0 aliphatic carbocycles. The van der Waals surface area contributed by atoms with Crippen LogP contribution in [0.5, 0.6) is 0 Å². The molecule has 1 aliphatic heterocycles. The molecule has 1 unspecified atom stereocenters. The van der Waals surface area contributed by atoms with E-state index in [2.05, 4.69) is 19.9 Å². The maximum atomic E-state index is 12.2. The molecule has 1 saturated heterocycles. The second-order valence-corrected chi connectivity index (χ2v) is 8.04. The quantitative estimate of drug-likeness (QED) is 0.207. The van der Waals surface area contributed by atoms with Crippen molar-refractivity contribution in [3.05, 3.63) is 35.4 Å². The van der Waals surface area contributed by atoms with Gasteiger partial charge in [-0.3, -0.25) is 23.2 Å². The fraction of sp³-hybridized carbons (Fsp3) is 0.429. The minimum Gasteiger partial charge on any atom is -0.761 e. The third kappa shape index (κ3) is 4.10. The molecule has 3 aromatic rings. The molecule has 4 heterocycles. The van der Waals surface area contributed by atoms with Crippen molar-refractivity contribution < 1.29 is 58.5 Å². The van der Waals surface area contributed by atoms with Gasteiger partial charge in [-0.2, -0.15) is 4.98 Å². The standard InChI is InChI=1S/C14H18N7O7P.Na/c15-14-18-11-9(12(24)19-14)17-6-21(11)13-10(23)7(3-22)8(28-13)4-27-29(25,26)20-2-1-16-5-20;/h1-2,5-8,10,13,22-23H,3-4H2,(H,25,26)(H3,15,18,19,24);/q;+1/p-1/t7-,8-,10-,13-;/m1./s1. The van der Waals surface area contributed by atoms with Crippen LogP contribution in [0.25, 0.3) is 11.2 Å². The minimum absolute atomic E-state index is 0. The zero-order valence-corrected chi connectivity index (χ0v) is 18.6. The number of hydrogen-bond donors (Lipinski definition) is 4. The van der Waals surface area contributed by atoms with Crippen LogP contribution in [-0.4, -0.2) is 64.5 Å². The first-order chi connectivity index (χ1) is 13.8. The summed E-state index contributed by atoms with van der Waals surface area (Å²) >= 11 is 0. The van der Waals surface area contributed by atoms with Crippen LogP contribution in [0.15, 0.2) is 29.8 Å². The van der Waals surface area contributed by atoms with Gasteiger partial charge in [0.15, 0.2) is 17.4 Å². The Labute approximate surface area is 190 Å². The van der Waals surface area contributed by atoms with Crippen molar-refractivity contribution >= 4 is 24.9 Å². The van der Waals surface area contributed by atoms with Crippen molar-refractivity contribution in [2.45, 2.75) is 18.4 Å². The topological polar surface area (TPSA) is 206 Å². The first-order valence-electron chi connectivity index (χ1n) is 8.43. The van der Waals surface area contributed by atoms with E-state index in [-0.39, 0.29) is 46.7 Å². The van der Waals surface area contributed by atoms with Crippen molar-refractivity contribution in [2.75, 3.05) is 18.9 Å². The molecule has 16 heteroatoms. The largest absolute Gasteiger partial charge is 1.00 e. The first-order valence-corrected chi connectivity index (χ1v) is 9.92. The Morgan fingerprint density at radius 3 is 2.87 bits per heavy atom. The summed E-state index contributed by atoms with van der Waals surface area (Å²) < 4.78 is 25.0. The normalized spacial score (nSPS) is 25.8. The molecular weight excluding hydrogens is 432 g/mol. The number of hydrogen-bond acceptors (Lipinski definition) is 11. The Morgan fingerprint density at radius 1 is 1.43 bits per heavy atom. The third-order valence-corrected chi connectivity index (χ3v) is 5.91. The number of H-pyrrole nitrogens is 1. The van der Waals surface area contributed by atoms with Crippen LogP contribution in [0, 0.1) is 5.92 Å². The molecule has 0 spiro atoms. The van der Waals surface area contributed by atoms with Crippen molar-refractivity contribution in [1.29, 1.82) is 0 Å². The molecule has 156 valence electrons. The second-order valence-electron chi connectivity index (χ2n) is 6.38.